The number of hydrogen-bond acceptors (Lipinski definition) is 8. The quantitative estimate of drug-likeness (QED) is 0.461. The Labute approximate surface area is 198 Å². The predicted molar refractivity (Wildman–Crippen MR) is 122 cm³/mol. The van der Waals surface area contributed by atoms with Crippen molar-refractivity contribution in [3.8, 4) is 17.1 Å². The average Bonchev–Trinajstić information content (AvgIpc) is 3.23. The second-order valence-electron chi connectivity index (χ2n) is 7.75. The molecule has 0 aliphatic carbocycles. The monoisotopic (exact) mass is 487 g/mol. The van der Waals surface area contributed by atoms with Crippen molar-refractivity contribution in [1.82, 2.24) is 35.2 Å². The van der Waals surface area contributed by atoms with Crippen LogP contribution >= 0.6 is 0 Å². The lowest BCUT2D eigenvalue weighted by molar-refractivity contribution is -0.00208. The first-order valence-corrected chi connectivity index (χ1v) is 10.5. The molecule has 2 aromatic heterocycles. The molecule has 3 N–H and O–H groups in total. The molecule has 0 atom stereocenters. The third-order valence-electron chi connectivity index (χ3n) is 5.35. The van der Waals surface area contributed by atoms with E-state index in [1.54, 1.807) is 36.3 Å². The lowest BCUT2D eigenvalue weighted by Crippen LogP contribution is -2.54. The van der Waals surface area contributed by atoms with Crippen molar-refractivity contribution >= 4 is 29.1 Å². The number of amides is 3. The van der Waals surface area contributed by atoms with Crippen molar-refractivity contribution in [3.63, 3.8) is 0 Å². The maximum atomic E-state index is 12.7. The van der Waals surface area contributed by atoms with Crippen LogP contribution in [0.4, 0.5) is 30.8 Å². The number of likely N-dealkylation sites (tertiary alicyclic amines) is 1. The molecule has 1 aliphatic heterocycles. The van der Waals surface area contributed by atoms with Crippen LogP contribution in [0.3, 0.4) is 0 Å². The Hall–Kier alpha value is -4.36. The van der Waals surface area contributed by atoms with E-state index in [0.717, 1.165) is 0 Å². The summed E-state index contributed by atoms with van der Waals surface area (Å²) >= 11 is 0. The zero-order valence-electron chi connectivity index (χ0n) is 19.1. The minimum Gasteiger partial charge on any atom is -0.494 e. The molecule has 3 heterocycles. The number of carbonyl (C=O) groups is 2. The average molecular weight is 487 g/mol. The summed E-state index contributed by atoms with van der Waals surface area (Å²) < 4.78 is 32.6. The number of carbonyl (C=O) groups excluding carboxylic acids is 2. The summed E-state index contributed by atoms with van der Waals surface area (Å²) in [5, 5.41) is 20.2. The maximum Gasteiger partial charge on any atom is 0.323 e. The first-order chi connectivity index (χ1) is 16.8. The van der Waals surface area contributed by atoms with Crippen LogP contribution in [-0.4, -0.2) is 75.5 Å². The van der Waals surface area contributed by atoms with Gasteiger partial charge < -0.3 is 20.3 Å². The standard InChI is InChI=1S/C21H23F2N9O3/c1-24-20(33)16-14(7-15(28-29-16)27-21(34)32-8-11(9-32)18(22)23)26-13-6-4-5-12(17(13)35-3)19-25-10-31(2)30-19/h4-7,10-11,18H,8-9H2,1-3H3,(H,24,33)(H2,26,27,28,34). The van der Waals surface area contributed by atoms with Gasteiger partial charge in [0.25, 0.3) is 5.91 Å². The van der Waals surface area contributed by atoms with Gasteiger partial charge in [0, 0.05) is 33.3 Å². The van der Waals surface area contributed by atoms with E-state index in [2.05, 4.69) is 36.2 Å². The number of halogens is 2. The van der Waals surface area contributed by atoms with E-state index in [1.807, 2.05) is 0 Å². The summed E-state index contributed by atoms with van der Waals surface area (Å²) in [6, 6.07) is 6.11. The molecular formula is C21H23F2N9O3. The number of rotatable bonds is 7. The zero-order valence-corrected chi connectivity index (χ0v) is 19.1. The SMILES string of the molecule is CNC(=O)c1nnc(NC(=O)N2CC(C(F)F)C2)cc1Nc1cccc(-c2ncn(C)n2)c1OC. The van der Waals surface area contributed by atoms with Gasteiger partial charge in [-0.3, -0.25) is 14.8 Å². The van der Waals surface area contributed by atoms with Gasteiger partial charge >= 0.3 is 6.03 Å². The Morgan fingerprint density at radius 1 is 1.20 bits per heavy atom. The van der Waals surface area contributed by atoms with Crippen LogP contribution < -0.4 is 20.7 Å². The highest BCUT2D eigenvalue weighted by Crippen LogP contribution is 2.37. The van der Waals surface area contributed by atoms with Crippen molar-refractivity contribution in [2.45, 2.75) is 6.43 Å². The Morgan fingerprint density at radius 3 is 2.60 bits per heavy atom. The zero-order chi connectivity index (χ0) is 25.1. The Balaban J connectivity index is 1.62. The third-order valence-corrected chi connectivity index (χ3v) is 5.35. The molecule has 1 aliphatic rings. The summed E-state index contributed by atoms with van der Waals surface area (Å²) in [5.74, 6) is -0.457. The van der Waals surface area contributed by atoms with E-state index in [-0.39, 0.29) is 30.3 Å². The number of nitrogens with one attached hydrogen (secondary N) is 3. The number of aromatic nitrogens is 5. The van der Waals surface area contributed by atoms with Gasteiger partial charge in [-0.25, -0.2) is 18.6 Å². The van der Waals surface area contributed by atoms with Gasteiger partial charge in [-0.15, -0.1) is 10.2 Å². The molecule has 1 fully saturated rings. The van der Waals surface area contributed by atoms with Gasteiger partial charge in [-0.2, -0.15) is 5.10 Å². The number of anilines is 3. The van der Waals surface area contributed by atoms with Gasteiger partial charge in [-0.05, 0) is 12.1 Å². The van der Waals surface area contributed by atoms with Crippen LogP contribution in [0.1, 0.15) is 10.5 Å². The molecule has 1 aromatic carbocycles. The third kappa shape index (κ3) is 4.95. The van der Waals surface area contributed by atoms with Crippen molar-refractivity contribution < 1.29 is 23.1 Å². The number of para-hydroxylation sites is 1. The first kappa shape index (κ1) is 23.8. The van der Waals surface area contributed by atoms with Crippen LogP contribution in [0.2, 0.25) is 0 Å². The number of urea groups is 1. The highest BCUT2D eigenvalue weighted by molar-refractivity contribution is 5.99. The van der Waals surface area contributed by atoms with Gasteiger partial charge in [0.05, 0.1) is 30.0 Å². The number of benzene rings is 1. The smallest absolute Gasteiger partial charge is 0.323 e. The fraction of sp³-hybridized carbons (Fsp3) is 0.333. The second kappa shape index (κ2) is 9.87. The van der Waals surface area contributed by atoms with E-state index in [1.165, 1.54) is 25.1 Å². The number of hydrogen-bond donors (Lipinski definition) is 3. The fourth-order valence-electron chi connectivity index (χ4n) is 3.50. The number of alkyl halides is 2. The lowest BCUT2D eigenvalue weighted by Gasteiger charge is -2.38. The highest BCUT2D eigenvalue weighted by atomic mass is 19.3. The normalized spacial score (nSPS) is 13.4. The molecule has 0 unspecified atom stereocenters. The largest absolute Gasteiger partial charge is 0.494 e. The Morgan fingerprint density at radius 2 is 1.97 bits per heavy atom. The maximum absolute atomic E-state index is 12.7. The molecule has 14 heteroatoms. The predicted octanol–water partition coefficient (Wildman–Crippen LogP) is 2.11. The summed E-state index contributed by atoms with van der Waals surface area (Å²) in [4.78, 5) is 30.3. The van der Waals surface area contributed by atoms with Crippen molar-refractivity contribution in [2.75, 3.05) is 37.9 Å². The number of nitrogens with zero attached hydrogens (tertiary/aromatic N) is 6. The number of ether oxygens (including phenoxy) is 1. The highest BCUT2D eigenvalue weighted by Gasteiger charge is 2.37. The molecule has 12 nitrogen and oxygen atoms in total. The molecule has 4 rings (SSSR count). The van der Waals surface area contributed by atoms with E-state index in [0.29, 0.717) is 22.8 Å². The van der Waals surface area contributed by atoms with Crippen LogP contribution in [0.25, 0.3) is 11.4 Å². The van der Waals surface area contributed by atoms with Crippen LogP contribution in [0.5, 0.6) is 5.75 Å². The molecule has 0 spiro atoms. The van der Waals surface area contributed by atoms with Crippen LogP contribution in [0.15, 0.2) is 30.6 Å². The molecule has 0 bridgehead atoms. The number of methoxy groups -OCH3 is 1. The van der Waals surface area contributed by atoms with Gasteiger partial charge in [0.15, 0.2) is 23.1 Å². The molecular weight excluding hydrogens is 464 g/mol. The second-order valence-corrected chi connectivity index (χ2v) is 7.75. The molecule has 3 amide bonds. The molecule has 3 aromatic rings. The fourth-order valence-corrected chi connectivity index (χ4v) is 3.50. The molecule has 35 heavy (non-hydrogen) atoms. The Kier molecular flexibility index (Phi) is 6.71. The minimum atomic E-state index is -2.48. The summed E-state index contributed by atoms with van der Waals surface area (Å²) in [5.41, 5.74) is 1.29. The van der Waals surface area contributed by atoms with Crippen molar-refractivity contribution in [1.29, 1.82) is 0 Å². The Bertz CT molecular complexity index is 1240. The van der Waals surface area contributed by atoms with E-state index in [9.17, 15) is 18.4 Å². The van der Waals surface area contributed by atoms with Crippen molar-refractivity contribution in [2.24, 2.45) is 13.0 Å². The van der Waals surface area contributed by atoms with E-state index in [4.69, 9.17) is 4.74 Å². The summed E-state index contributed by atoms with van der Waals surface area (Å²) in [7, 11) is 4.68. The van der Waals surface area contributed by atoms with Gasteiger partial charge in [0.2, 0.25) is 6.43 Å². The molecule has 1 saturated heterocycles. The van der Waals surface area contributed by atoms with Crippen molar-refractivity contribution in [3.05, 3.63) is 36.3 Å². The summed E-state index contributed by atoms with van der Waals surface area (Å²) in [6.07, 6.45) is -0.921. The summed E-state index contributed by atoms with van der Waals surface area (Å²) in [6.45, 7) is -0.103. The first-order valence-electron chi connectivity index (χ1n) is 10.5. The van der Waals surface area contributed by atoms with Crippen LogP contribution in [-0.2, 0) is 7.05 Å². The van der Waals surface area contributed by atoms with E-state index < -0.39 is 24.3 Å². The van der Waals surface area contributed by atoms with Gasteiger partial charge in [-0.1, -0.05) is 6.07 Å². The van der Waals surface area contributed by atoms with E-state index >= 15 is 0 Å². The number of aryl methyl sites for hydroxylation is 1. The van der Waals surface area contributed by atoms with Gasteiger partial charge in [0.1, 0.15) is 6.33 Å². The lowest BCUT2D eigenvalue weighted by atomic mass is 10.0. The molecule has 184 valence electrons. The minimum absolute atomic E-state index is 0.0318. The molecule has 0 saturated carbocycles. The topological polar surface area (TPSA) is 139 Å². The van der Waals surface area contributed by atoms with Crippen LogP contribution in [0, 0.1) is 5.92 Å². The molecule has 0 radical (unpaired) electrons.